The van der Waals surface area contributed by atoms with E-state index in [1.807, 2.05) is 23.9 Å². The van der Waals surface area contributed by atoms with Crippen LogP contribution in [0.15, 0.2) is 24.3 Å². The molecule has 0 radical (unpaired) electrons. The quantitative estimate of drug-likeness (QED) is 0.881. The van der Waals surface area contributed by atoms with Gasteiger partial charge in [-0.25, -0.2) is 0 Å². The van der Waals surface area contributed by atoms with Gasteiger partial charge in [-0.1, -0.05) is 25.0 Å². The summed E-state index contributed by atoms with van der Waals surface area (Å²) in [6.45, 7) is 2.57. The molecule has 1 aliphatic heterocycles. The smallest absolute Gasteiger partial charge is 0.272 e. The Bertz CT molecular complexity index is 824. The molecule has 2 heterocycles. The first-order valence-electron chi connectivity index (χ1n) is 9.85. The standard InChI is InChI=1S/C21H28N4O2/c1-24-19-10-11-25(13-15-6-5-9-17(12-15)27-2)14-18(19)20(23-24)21(26)22-16-7-3-4-8-16/h5-6,9,12,16H,3-4,7-8,10-11,13-14H2,1-2H3,(H,22,26). The molecule has 0 atom stereocenters. The van der Waals surface area contributed by atoms with Crippen molar-refractivity contribution in [3.8, 4) is 5.75 Å². The van der Waals surface area contributed by atoms with Gasteiger partial charge in [-0.3, -0.25) is 14.4 Å². The fourth-order valence-corrected chi connectivity index (χ4v) is 4.32. The zero-order chi connectivity index (χ0) is 18.8. The van der Waals surface area contributed by atoms with Crippen LogP contribution in [0, 0.1) is 0 Å². The molecule has 0 saturated heterocycles. The summed E-state index contributed by atoms with van der Waals surface area (Å²) in [5.41, 5.74) is 4.10. The molecule has 1 fully saturated rings. The lowest BCUT2D eigenvalue weighted by Gasteiger charge is -2.27. The molecule has 2 aromatic rings. The maximum Gasteiger partial charge on any atom is 0.272 e. The molecule has 1 amide bonds. The third-order valence-electron chi connectivity index (χ3n) is 5.77. The van der Waals surface area contributed by atoms with Crippen LogP contribution >= 0.6 is 0 Å². The Labute approximate surface area is 160 Å². The number of nitrogens with zero attached hydrogens (tertiary/aromatic N) is 3. The molecule has 2 aliphatic rings. The molecule has 1 aromatic carbocycles. The average molecular weight is 368 g/mol. The molecule has 6 heteroatoms. The monoisotopic (exact) mass is 368 g/mol. The first kappa shape index (κ1) is 18.0. The molecule has 1 aliphatic carbocycles. The zero-order valence-corrected chi connectivity index (χ0v) is 16.2. The second-order valence-electron chi connectivity index (χ2n) is 7.66. The van der Waals surface area contributed by atoms with E-state index in [1.54, 1.807) is 7.11 Å². The molecule has 27 heavy (non-hydrogen) atoms. The van der Waals surface area contributed by atoms with Gasteiger partial charge in [0.05, 0.1) is 7.11 Å². The molecular weight excluding hydrogens is 340 g/mol. The van der Waals surface area contributed by atoms with Crippen LogP contribution in [0.4, 0.5) is 0 Å². The van der Waals surface area contributed by atoms with Crippen molar-refractivity contribution in [3.63, 3.8) is 0 Å². The highest BCUT2D eigenvalue weighted by Gasteiger charge is 2.28. The van der Waals surface area contributed by atoms with E-state index in [4.69, 9.17) is 4.74 Å². The van der Waals surface area contributed by atoms with Crippen molar-refractivity contribution in [3.05, 3.63) is 46.8 Å². The number of nitrogens with one attached hydrogen (secondary N) is 1. The number of fused-ring (bicyclic) bond motifs is 1. The first-order valence-corrected chi connectivity index (χ1v) is 9.85. The van der Waals surface area contributed by atoms with Gasteiger partial charge in [0.25, 0.3) is 5.91 Å². The van der Waals surface area contributed by atoms with Gasteiger partial charge in [0.2, 0.25) is 0 Å². The molecule has 1 aromatic heterocycles. The minimum atomic E-state index is -0.0121. The highest BCUT2D eigenvalue weighted by molar-refractivity contribution is 5.94. The van der Waals surface area contributed by atoms with Crippen molar-refractivity contribution in [2.24, 2.45) is 7.05 Å². The van der Waals surface area contributed by atoms with Crippen molar-refractivity contribution >= 4 is 5.91 Å². The number of rotatable bonds is 5. The minimum absolute atomic E-state index is 0.0121. The lowest BCUT2D eigenvalue weighted by atomic mass is 10.0. The van der Waals surface area contributed by atoms with Crippen molar-refractivity contribution in [1.82, 2.24) is 20.0 Å². The maximum atomic E-state index is 12.8. The van der Waals surface area contributed by atoms with Crippen LogP contribution in [0.5, 0.6) is 5.75 Å². The van der Waals surface area contributed by atoms with Crippen LogP contribution in [0.2, 0.25) is 0 Å². The first-order chi connectivity index (χ1) is 13.1. The average Bonchev–Trinajstić information content (AvgIpc) is 3.30. The molecule has 144 valence electrons. The molecule has 1 N–H and O–H groups in total. The Morgan fingerprint density at radius 3 is 2.93 bits per heavy atom. The predicted molar refractivity (Wildman–Crippen MR) is 104 cm³/mol. The summed E-state index contributed by atoms with van der Waals surface area (Å²) in [6.07, 6.45) is 5.50. The summed E-state index contributed by atoms with van der Waals surface area (Å²) in [7, 11) is 3.64. The fourth-order valence-electron chi connectivity index (χ4n) is 4.32. The van der Waals surface area contributed by atoms with Crippen molar-refractivity contribution in [2.75, 3.05) is 13.7 Å². The Balaban J connectivity index is 1.49. The van der Waals surface area contributed by atoms with Crippen LogP contribution in [-0.2, 0) is 26.6 Å². The third-order valence-corrected chi connectivity index (χ3v) is 5.77. The van der Waals surface area contributed by atoms with Gasteiger partial charge in [-0.05, 0) is 30.5 Å². The molecule has 6 nitrogen and oxygen atoms in total. The Kier molecular flexibility index (Phi) is 5.16. The summed E-state index contributed by atoms with van der Waals surface area (Å²) in [6, 6.07) is 8.49. The largest absolute Gasteiger partial charge is 0.497 e. The molecule has 0 spiro atoms. The van der Waals surface area contributed by atoms with Gasteiger partial charge in [0, 0.05) is 50.4 Å². The Hall–Kier alpha value is -2.34. The van der Waals surface area contributed by atoms with E-state index in [2.05, 4.69) is 27.4 Å². The summed E-state index contributed by atoms with van der Waals surface area (Å²) < 4.78 is 7.22. The number of ether oxygens (including phenoxy) is 1. The van der Waals surface area contributed by atoms with Gasteiger partial charge >= 0.3 is 0 Å². The number of aromatic nitrogens is 2. The number of benzene rings is 1. The van der Waals surface area contributed by atoms with Crippen molar-refractivity contribution in [2.45, 2.75) is 51.2 Å². The Morgan fingerprint density at radius 1 is 1.33 bits per heavy atom. The van der Waals surface area contributed by atoms with Crippen molar-refractivity contribution in [1.29, 1.82) is 0 Å². The van der Waals surface area contributed by atoms with E-state index in [0.29, 0.717) is 11.7 Å². The minimum Gasteiger partial charge on any atom is -0.497 e. The highest BCUT2D eigenvalue weighted by Crippen LogP contribution is 2.25. The third kappa shape index (κ3) is 3.86. The number of amides is 1. The van der Waals surface area contributed by atoms with Crippen LogP contribution in [-0.4, -0.2) is 40.3 Å². The number of carbonyl (C=O) groups excluding carboxylic acids is 1. The van der Waals surface area contributed by atoms with E-state index >= 15 is 0 Å². The summed E-state index contributed by atoms with van der Waals surface area (Å²) in [5, 5.41) is 7.75. The predicted octanol–water partition coefficient (Wildman–Crippen LogP) is 2.66. The molecular formula is C21H28N4O2. The summed E-state index contributed by atoms with van der Waals surface area (Å²) in [4.78, 5) is 15.2. The van der Waals surface area contributed by atoms with E-state index in [0.717, 1.165) is 50.2 Å². The van der Waals surface area contributed by atoms with Gasteiger partial charge in [-0.15, -0.1) is 0 Å². The second kappa shape index (κ2) is 7.72. The van der Waals surface area contributed by atoms with E-state index in [1.165, 1.54) is 24.1 Å². The topological polar surface area (TPSA) is 59.4 Å². The number of hydrogen-bond donors (Lipinski definition) is 1. The van der Waals surface area contributed by atoms with E-state index in [-0.39, 0.29) is 5.91 Å². The molecule has 0 bridgehead atoms. The number of hydrogen-bond acceptors (Lipinski definition) is 4. The maximum absolute atomic E-state index is 12.8. The molecule has 1 saturated carbocycles. The van der Waals surface area contributed by atoms with E-state index < -0.39 is 0 Å². The zero-order valence-electron chi connectivity index (χ0n) is 16.2. The van der Waals surface area contributed by atoms with Gasteiger partial charge in [0.15, 0.2) is 5.69 Å². The number of carbonyl (C=O) groups is 1. The van der Waals surface area contributed by atoms with Crippen molar-refractivity contribution < 1.29 is 9.53 Å². The molecule has 0 unspecified atom stereocenters. The summed E-state index contributed by atoms with van der Waals surface area (Å²) in [5.74, 6) is 0.866. The normalized spacial score (nSPS) is 17.7. The van der Waals surface area contributed by atoms with Crippen LogP contribution < -0.4 is 10.1 Å². The second-order valence-corrected chi connectivity index (χ2v) is 7.66. The van der Waals surface area contributed by atoms with Crippen LogP contribution in [0.25, 0.3) is 0 Å². The molecule has 4 rings (SSSR count). The highest BCUT2D eigenvalue weighted by atomic mass is 16.5. The van der Waals surface area contributed by atoms with E-state index in [9.17, 15) is 4.79 Å². The number of aryl methyl sites for hydroxylation is 1. The summed E-state index contributed by atoms with van der Waals surface area (Å²) >= 11 is 0. The Morgan fingerprint density at radius 2 is 2.15 bits per heavy atom. The lowest BCUT2D eigenvalue weighted by Crippen LogP contribution is -2.35. The fraction of sp³-hybridized carbons (Fsp3) is 0.524. The van der Waals surface area contributed by atoms with Gasteiger partial charge in [-0.2, -0.15) is 5.10 Å². The lowest BCUT2D eigenvalue weighted by molar-refractivity contribution is 0.0929. The van der Waals surface area contributed by atoms with Crippen LogP contribution in [0.1, 0.15) is 53.0 Å². The van der Waals surface area contributed by atoms with Gasteiger partial charge < -0.3 is 10.1 Å². The van der Waals surface area contributed by atoms with Crippen LogP contribution in [0.3, 0.4) is 0 Å². The van der Waals surface area contributed by atoms with Gasteiger partial charge in [0.1, 0.15) is 5.75 Å². The number of methoxy groups -OCH3 is 1. The SMILES string of the molecule is COc1cccc(CN2CCc3c(c(C(=O)NC4CCCC4)nn3C)C2)c1.